The summed E-state index contributed by atoms with van der Waals surface area (Å²) in [4.78, 5) is 0. The third-order valence-corrected chi connectivity index (χ3v) is 7.42. The molecule has 38 heavy (non-hydrogen) atoms. The van der Waals surface area contributed by atoms with Gasteiger partial charge in [-0.3, -0.25) is 0 Å². The monoisotopic (exact) mass is 482 g/mol. The maximum absolute atomic E-state index is 2.28. The van der Waals surface area contributed by atoms with Crippen LogP contribution in [-0.4, -0.2) is 0 Å². The summed E-state index contributed by atoms with van der Waals surface area (Å²) in [5, 5.41) is 10.2. The zero-order valence-electron chi connectivity index (χ0n) is 21.0. The number of hydrogen-bond acceptors (Lipinski definition) is 0. The van der Waals surface area contributed by atoms with Crippen LogP contribution in [0.5, 0.6) is 0 Å². The molecular weight excluding hydrogens is 456 g/mol. The lowest BCUT2D eigenvalue weighted by atomic mass is 9.95. The Morgan fingerprint density at radius 3 is 1.00 bits per heavy atom. The predicted molar refractivity (Wildman–Crippen MR) is 167 cm³/mol. The molecule has 0 aliphatic carbocycles. The molecule has 7 aromatic carbocycles. The summed E-state index contributed by atoms with van der Waals surface area (Å²) in [7, 11) is 0. The van der Waals surface area contributed by atoms with Gasteiger partial charge in [-0.2, -0.15) is 0 Å². The summed E-state index contributed by atoms with van der Waals surface area (Å²) in [5.74, 6) is 0. The first-order valence-electron chi connectivity index (χ1n) is 13.1. The van der Waals surface area contributed by atoms with Crippen molar-refractivity contribution < 1.29 is 0 Å². The molecule has 0 heteroatoms. The first-order valence-corrected chi connectivity index (χ1v) is 13.1. The van der Waals surface area contributed by atoms with E-state index in [0.29, 0.717) is 0 Å². The summed E-state index contributed by atoms with van der Waals surface area (Å²) >= 11 is 0. The number of benzene rings is 7. The van der Waals surface area contributed by atoms with Crippen LogP contribution in [0.25, 0.3) is 67.4 Å². The fraction of sp³-hybridized carbons (Fsp3) is 0. The molecule has 0 aliphatic rings. The second-order valence-corrected chi connectivity index (χ2v) is 9.80. The van der Waals surface area contributed by atoms with Gasteiger partial charge in [0.25, 0.3) is 0 Å². The molecule has 178 valence electrons. The van der Waals surface area contributed by atoms with Crippen LogP contribution in [-0.2, 0) is 0 Å². The summed E-state index contributed by atoms with van der Waals surface area (Å²) in [6, 6.07) is 47.9. The van der Waals surface area contributed by atoms with E-state index in [1.165, 1.54) is 65.3 Å². The van der Waals surface area contributed by atoms with Gasteiger partial charge in [-0.15, -0.1) is 0 Å². The van der Waals surface area contributed by atoms with Crippen LogP contribution in [0.15, 0.2) is 133 Å². The minimum atomic E-state index is 1.19. The molecule has 0 unspecified atom stereocenters. The Morgan fingerprint density at radius 2 is 0.632 bits per heavy atom. The van der Waals surface area contributed by atoms with E-state index in [-0.39, 0.29) is 0 Å². The van der Waals surface area contributed by atoms with Crippen LogP contribution in [0.4, 0.5) is 0 Å². The predicted octanol–water partition coefficient (Wildman–Crippen LogP) is 10.6. The van der Waals surface area contributed by atoms with Crippen molar-refractivity contribution in [2.45, 2.75) is 0 Å². The van der Waals surface area contributed by atoms with Gasteiger partial charge in [-0.25, -0.2) is 0 Å². The summed E-state index contributed by atoms with van der Waals surface area (Å²) in [6.45, 7) is 0. The lowest BCUT2D eigenvalue weighted by Crippen LogP contribution is -1.84. The van der Waals surface area contributed by atoms with E-state index < -0.39 is 0 Å². The molecule has 0 aromatic heterocycles. The first kappa shape index (κ1) is 22.3. The quantitative estimate of drug-likeness (QED) is 0.173. The van der Waals surface area contributed by atoms with Gasteiger partial charge in [0.2, 0.25) is 0 Å². The third-order valence-electron chi connectivity index (χ3n) is 7.42. The minimum Gasteiger partial charge on any atom is -0.0616 e. The normalized spacial score (nSPS) is 12.0. The van der Waals surface area contributed by atoms with E-state index in [4.69, 9.17) is 0 Å². The Morgan fingerprint density at radius 1 is 0.289 bits per heavy atom. The number of hydrogen-bond donors (Lipinski definition) is 0. The Bertz CT molecular complexity index is 1770. The van der Waals surface area contributed by atoms with Crippen molar-refractivity contribution in [1.82, 2.24) is 0 Å². The van der Waals surface area contributed by atoms with Crippen LogP contribution < -0.4 is 0 Å². The SMILES string of the molecule is C(=Cc1c2ccccc2cc2ccccc12)c1cccc(C=Cc2c3ccccc3cc3ccccc23)c1. The van der Waals surface area contributed by atoms with Crippen LogP contribution in [0, 0.1) is 0 Å². The van der Waals surface area contributed by atoms with Gasteiger partial charge in [0.05, 0.1) is 0 Å². The molecule has 0 fully saturated rings. The van der Waals surface area contributed by atoms with Gasteiger partial charge >= 0.3 is 0 Å². The number of fused-ring (bicyclic) bond motifs is 4. The molecule has 0 atom stereocenters. The van der Waals surface area contributed by atoms with Crippen LogP contribution in [0.2, 0.25) is 0 Å². The molecule has 0 saturated carbocycles. The van der Waals surface area contributed by atoms with Gasteiger partial charge in [-0.05, 0) is 83.5 Å². The molecule has 7 rings (SSSR count). The Balaban J connectivity index is 1.29. The second kappa shape index (κ2) is 9.50. The molecule has 0 amide bonds. The fourth-order valence-corrected chi connectivity index (χ4v) is 5.58. The van der Waals surface area contributed by atoms with Gasteiger partial charge < -0.3 is 0 Å². The van der Waals surface area contributed by atoms with Crippen molar-refractivity contribution in [2.24, 2.45) is 0 Å². The fourth-order valence-electron chi connectivity index (χ4n) is 5.58. The highest BCUT2D eigenvalue weighted by molar-refractivity contribution is 6.09. The molecule has 0 radical (unpaired) electrons. The lowest BCUT2D eigenvalue weighted by molar-refractivity contribution is 1.62. The van der Waals surface area contributed by atoms with E-state index in [0.717, 1.165) is 0 Å². The van der Waals surface area contributed by atoms with Crippen LogP contribution >= 0.6 is 0 Å². The smallest absolute Gasteiger partial charge is 0.00992 e. The topological polar surface area (TPSA) is 0 Å². The molecule has 0 aliphatic heterocycles. The molecular formula is C38H26. The molecule has 7 aromatic rings. The first-order chi connectivity index (χ1) is 18.8. The Labute approximate surface area is 222 Å². The van der Waals surface area contributed by atoms with Crippen molar-refractivity contribution in [2.75, 3.05) is 0 Å². The van der Waals surface area contributed by atoms with Crippen LogP contribution in [0.1, 0.15) is 22.3 Å². The van der Waals surface area contributed by atoms with E-state index in [1.807, 2.05) is 0 Å². The van der Waals surface area contributed by atoms with Crippen molar-refractivity contribution >= 4 is 67.4 Å². The van der Waals surface area contributed by atoms with E-state index in [1.54, 1.807) is 0 Å². The lowest BCUT2D eigenvalue weighted by Gasteiger charge is -2.09. The molecule has 0 N–H and O–H groups in total. The zero-order valence-corrected chi connectivity index (χ0v) is 21.0. The van der Waals surface area contributed by atoms with Crippen LogP contribution in [0.3, 0.4) is 0 Å². The Kier molecular flexibility index (Phi) is 5.57. The minimum absolute atomic E-state index is 1.19. The highest BCUT2D eigenvalue weighted by Crippen LogP contribution is 2.31. The summed E-state index contributed by atoms with van der Waals surface area (Å²) in [5.41, 5.74) is 4.91. The zero-order chi connectivity index (χ0) is 25.3. The van der Waals surface area contributed by atoms with Crippen molar-refractivity contribution in [3.63, 3.8) is 0 Å². The maximum Gasteiger partial charge on any atom is -0.00992 e. The van der Waals surface area contributed by atoms with Gasteiger partial charge in [0.15, 0.2) is 0 Å². The van der Waals surface area contributed by atoms with Gasteiger partial charge in [0.1, 0.15) is 0 Å². The van der Waals surface area contributed by atoms with E-state index in [9.17, 15) is 0 Å². The summed E-state index contributed by atoms with van der Waals surface area (Å²) in [6.07, 6.45) is 9.01. The molecule has 0 saturated heterocycles. The van der Waals surface area contributed by atoms with Crippen molar-refractivity contribution in [3.05, 3.63) is 156 Å². The van der Waals surface area contributed by atoms with Gasteiger partial charge in [0, 0.05) is 0 Å². The van der Waals surface area contributed by atoms with E-state index in [2.05, 4.69) is 158 Å². The molecule has 0 nitrogen and oxygen atoms in total. The van der Waals surface area contributed by atoms with Crippen molar-refractivity contribution in [1.29, 1.82) is 0 Å². The third kappa shape index (κ3) is 4.07. The van der Waals surface area contributed by atoms with E-state index >= 15 is 0 Å². The molecule has 0 heterocycles. The average molecular weight is 483 g/mol. The molecule has 0 spiro atoms. The average Bonchev–Trinajstić information content (AvgIpc) is 2.97. The highest BCUT2D eigenvalue weighted by atomic mass is 14.1. The largest absolute Gasteiger partial charge is 0.0616 e. The standard InChI is InChI=1S/C38H26/c1-5-16-33-29(12-1)25-30-13-2-6-17-34(30)37(33)22-20-27-10-9-11-28(24-27)21-23-38-35-18-7-3-14-31(35)26-32-15-4-8-19-36(32)38/h1-26H. The Hall–Kier alpha value is -4.94. The number of rotatable bonds is 4. The molecule has 0 bridgehead atoms. The van der Waals surface area contributed by atoms with Crippen molar-refractivity contribution in [3.8, 4) is 0 Å². The summed E-state index contributed by atoms with van der Waals surface area (Å²) < 4.78 is 0. The maximum atomic E-state index is 2.28. The highest BCUT2D eigenvalue weighted by Gasteiger charge is 2.06. The van der Waals surface area contributed by atoms with Gasteiger partial charge in [-0.1, -0.05) is 140 Å². The second-order valence-electron chi connectivity index (χ2n) is 9.80.